The van der Waals surface area contributed by atoms with Crippen molar-refractivity contribution >= 4 is 21.8 Å². The van der Waals surface area contributed by atoms with E-state index in [0.717, 1.165) is 61.1 Å². The van der Waals surface area contributed by atoms with Crippen molar-refractivity contribution in [2.24, 2.45) is 7.05 Å². The number of fused-ring (bicyclic) bond motifs is 2. The highest BCUT2D eigenvalue weighted by Crippen LogP contribution is 2.34. The maximum Gasteiger partial charge on any atom is 0.124 e. The quantitative estimate of drug-likeness (QED) is 0.389. The fourth-order valence-corrected chi connectivity index (χ4v) is 4.25. The van der Waals surface area contributed by atoms with E-state index in [1.165, 1.54) is 12.1 Å². The molecule has 6 nitrogen and oxygen atoms in total. The van der Waals surface area contributed by atoms with Gasteiger partial charge in [0.25, 0.3) is 0 Å². The van der Waals surface area contributed by atoms with Gasteiger partial charge in [-0.05, 0) is 60.5 Å². The van der Waals surface area contributed by atoms with Crippen LogP contribution in [0.25, 0.3) is 55.6 Å². The maximum atomic E-state index is 14.0. The fraction of sp³-hybridized carbons (Fsp3) is 0.0800. The molecule has 4 aromatic heterocycles. The van der Waals surface area contributed by atoms with E-state index in [4.69, 9.17) is 0 Å². The number of hydrogen-bond donors (Lipinski definition) is 2. The number of pyridine rings is 1. The third kappa shape index (κ3) is 2.98. The zero-order valence-corrected chi connectivity index (χ0v) is 17.5. The first-order chi connectivity index (χ1) is 15.5. The monoisotopic (exact) mass is 422 g/mol. The van der Waals surface area contributed by atoms with Crippen LogP contribution in [-0.4, -0.2) is 29.9 Å². The second-order valence-corrected chi connectivity index (χ2v) is 8.06. The van der Waals surface area contributed by atoms with Crippen LogP contribution >= 0.6 is 0 Å². The smallest absolute Gasteiger partial charge is 0.124 e. The van der Waals surface area contributed by atoms with E-state index < -0.39 is 0 Å². The van der Waals surface area contributed by atoms with Crippen LogP contribution in [0.4, 0.5) is 4.39 Å². The highest BCUT2D eigenvalue weighted by atomic mass is 19.1. The van der Waals surface area contributed by atoms with Gasteiger partial charge < -0.3 is 4.98 Å². The number of benzene rings is 2. The van der Waals surface area contributed by atoms with Crippen molar-refractivity contribution in [3.63, 3.8) is 0 Å². The molecule has 156 valence electrons. The van der Waals surface area contributed by atoms with Gasteiger partial charge in [-0.2, -0.15) is 10.2 Å². The Morgan fingerprint density at radius 2 is 1.75 bits per heavy atom. The minimum Gasteiger partial charge on any atom is -0.353 e. The van der Waals surface area contributed by atoms with Gasteiger partial charge in [-0.15, -0.1) is 0 Å². The van der Waals surface area contributed by atoms with Gasteiger partial charge >= 0.3 is 0 Å². The predicted octanol–water partition coefficient (Wildman–Crippen LogP) is 5.62. The van der Waals surface area contributed by atoms with E-state index in [1.54, 1.807) is 10.9 Å². The molecular formula is C25H19FN6. The first kappa shape index (κ1) is 18.5. The van der Waals surface area contributed by atoms with Gasteiger partial charge in [0.2, 0.25) is 0 Å². The third-order valence-electron chi connectivity index (χ3n) is 5.72. The largest absolute Gasteiger partial charge is 0.353 e. The third-order valence-corrected chi connectivity index (χ3v) is 5.72. The zero-order valence-electron chi connectivity index (χ0n) is 17.5. The number of H-pyrrole nitrogens is 2. The number of nitrogens with one attached hydrogen (secondary N) is 2. The van der Waals surface area contributed by atoms with Crippen LogP contribution in [-0.2, 0) is 7.05 Å². The molecular weight excluding hydrogens is 403 g/mol. The zero-order chi connectivity index (χ0) is 21.8. The van der Waals surface area contributed by atoms with E-state index in [0.29, 0.717) is 0 Å². The number of aromatic nitrogens is 6. The summed E-state index contributed by atoms with van der Waals surface area (Å²) >= 11 is 0. The lowest BCUT2D eigenvalue weighted by Crippen LogP contribution is -1.87. The molecule has 0 fully saturated rings. The molecule has 0 aliphatic rings. The summed E-state index contributed by atoms with van der Waals surface area (Å²) in [5.41, 5.74) is 8.04. The lowest BCUT2D eigenvalue weighted by Gasteiger charge is -2.04. The SMILES string of the molecule is Cc1cc(F)cc(-c2nccc3[nH]c(-c4n[nH]c5ccc(-c6cnn(C)c6)cc45)cc23)c1. The Morgan fingerprint density at radius 3 is 2.56 bits per heavy atom. The molecule has 0 spiro atoms. The molecule has 6 aromatic rings. The second-order valence-electron chi connectivity index (χ2n) is 8.06. The van der Waals surface area contributed by atoms with Gasteiger partial charge in [0.1, 0.15) is 11.5 Å². The average Bonchev–Trinajstić information content (AvgIpc) is 3.49. The minimum absolute atomic E-state index is 0.268. The van der Waals surface area contributed by atoms with Gasteiger partial charge in [0.05, 0.1) is 23.1 Å². The van der Waals surface area contributed by atoms with Gasteiger partial charge in [-0.25, -0.2) is 4.39 Å². The number of rotatable bonds is 3. The molecule has 0 unspecified atom stereocenters. The Bertz CT molecular complexity index is 1600. The normalized spacial score (nSPS) is 11.6. The van der Waals surface area contributed by atoms with Gasteiger partial charge in [-0.3, -0.25) is 14.8 Å². The molecule has 0 saturated heterocycles. The molecule has 0 aliphatic heterocycles. The van der Waals surface area contributed by atoms with Crippen molar-refractivity contribution in [3.05, 3.63) is 78.5 Å². The van der Waals surface area contributed by atoms with Crippen molar-refractivity contribution in [1.82, 2.24) is 29.9 Å². The van der Waals surface area contributed by atoms with Crippen molar-refractivity contribution in [2.45, 2.75) is 6.92 Å². The lowest BCUT2D eigenvalue weighted by atomic mass is 10.0. The number of hydrogen-bond acceptors (Lipinski definition) is 3. The molecule has 0 atom stereocenters. The summed E-state index contributed by atoms with van der Waals surface area (Å²) in [5, 5.41) is 13.9. The summed E-state index contributed by atoms with van der Waals surface area (Å²) in [7, 11) is 1.90. The van der Waals surface area contributed by atoms with Crippen LogP contribution in [0, 0.1) is 12.7 Å². The summed E-state index contributed by atoms with van der Waals surface area (Å²) in [4.78, 5) is 8.01. The molecule has 0 radical (unpaired) electrons. The molecule has 6 rings (SSSR count). The molecule has 4 heterocycles. The van der Waals surface area contributed by atoms with Crippen LogP contribution in [0.1, 0.15) is 5.56 Å². The molecule has 2 aromatic carbocycles. The maximum absolute atomic E-state index is 14.0. The Balaban J connectivity index is 1.51. The van der Waals surface area contributed by atoms with Crippen molar-refractivity contribution in [2.75, 3.05) is 0 Å². The summed E-state index contributed by atoms with van der Waals surface area (Å²) < 4.78 is 15.8. The topological polar surface area (TPSA) is 75.2 Å². The summed E-state index contributed by atoms with van der Waals surface area (Å²) in [6, 6.07) is 15.1. The van der Waals surface area contributed by atoms with Crippen molar-refractivity contribution in [3.8, 4) is 33.8 Å². The van der Waals surface area contributed by atoms with E-state index in [-0.39, 0.29) is 5.82 Å². The van der Waals surface area contributed by atoms with Gasteiger partial charge in [0, 0.05) is 46.9 Å². The Morgan fingerprint density at radius 1 is 0.875 bits per heavy atom. The summed E-state index contributed by atoms with van der Waals surface area (Å²) in [5.74, 6) is -0.268. The van der Waals surface area contributed by atoms with Crippen LogP contribution in [0.3, 0.4) is 0 Å². The van der Waals surface area contributed by atoms with Gasteiger partial charge in [0.15, 0.2) is 0 Å². The van der Waals surface area contributed by atoms with E-state index in [9.17, 15) is 4.39 Å². The summed E-state index contributed by atoms with van der Waals surface area (Å²) in [6.07, 6.45) is 5.58. The fourth-order valence-electron chi connectivity index (χ4n) is 4.25. The lowest BCUT2D eigenvalue weighted by molar-refractivity contribution is 0.627. The number of halogens is 1. The highest BCUT2D eigenvalue weighted by molar-refractivity contribution is 6.00. The average molecular weight is 422 g/mol. The van der Waals surface area contributed by atoms with Gasteiger partial charge in [-0.1, -0.05) is 6.07 Å². The van der Waals surface area contributed by atoms with Crippen LogP contribution in [0.5, 0.6) is 0 Å². The second kappa shape index (κ2) is 6.88. The minimum atomic E-state index is -0.268. The molecule has 0 amide bonds. The molecule has 32 heavy (non-hydrogen) atoms. The number of nitrogens with zero attached hydrogens (tertiary/aromatic N) is 4. The molecule has 0 saturated carbocycles. The van der Waals surface area contributed by atoms with Crippen LogP contribution in [0.15, 0.2) is 67.1 Å². The summed E-state index contributed by atoms with van der Waals surface area (Å²) in [6.45, 7) is 1.88. The molecule has 7 heteroatoms. The highest BCUT2D eigenvalue weighted by Gasteiger charge is 2.15. The van der Waals surface area contributed by atoms with E-state index in [2.05, 4.69) is 37.4 Å². The molecule has 2 N–H and O–H groups in total. The first-order valence-corrected chi connectivity index (χ1v) is 10.3. The molecule has 0 bridgehead atoms. The predicted molar refractivity (Wildman–Crippen MR) is 124 cm³/mol. The standard InChI is InChI=1S/C25H19FN6/c1-14-7-16(9-18(26)8-14)24-20-11-23(29-21(20)5-6-27-24)25-19-10-15(3-4-22(19)30-31-25)17-12-28-32(2)13-17/h3-13,29H,1-2H3,(H,30,31). The Hall–Kier alpha value is -4.26. The Kier molecular flexibility index (Phi) is 3.98. The van der Waals surface area contributed by atoms with Crippen molar-refractivity contribution in [1.29, 1.82) is 0 Å². The van der Waals surface area contributed by atoms with E-state index >= 15 is 0 Å². The van der Waals surface area contributed by atoms with Crippen LogP contribution < -0.4 is 0 Å². The number of aryl methyl sites for hydroxylation is 2. The van der Waals surface area contributed by atoms with Crippen LogP contribution in [0.2, 0.25) is 0 Å². The molecule has 0 aliphatic carbocycles. The first-order valence-electron chi connectivity index (χ1n) is 10.3. The number of aromatic amines is 2. The van der Waals surface area contributed by atoms with Crippen molar-refractivity contribution < 1.29 is 4.39 Å². The Labute approximate surface area is 182 Å². The van der Waals surface area contributed by atoms with E-state index in [1.807, 2.05) is 50.6 Å².